The summed E-state index contributed by atoms with van der Waals surface area (Å²) in [5, 5.41) is 0. The number of aromatic nitrogens is 1. The van der Waals surface area contributed by atoms with Crippen molar-refractivity contribution in [3.05, 3.63) is 29.1 Å². The van der Waals surface area contributed by atoms with Crippen LogP contribution in [0.5, 0.6) is 0 Å². The molecule has 0 bridgehead atoms. The molecule has 4 nitrogen and oxygen atoms in total. The highest BCUT2D eigenvalue weighted by molar-refractivity contribution is 5.68. The van der Waals surface area contributed by atoms with Crippen molar-refractivity contribution in [1.82, 2.24) is 9.88 Å². The molecule has 0 N–H and O–H groups in total. The maximum Gasteiger partial charge on any atom is 0.410 e. The van der Waals surface area contributed by atoms with Crippen molar-refractivity contribution in [1.29, 1.82) is 0 Å². The van der Waals surface area contributed by atoms with Gasteiger partial charge in [-0.2, -0.15) is 0 Å². The minimum atomic E-state index is -0.423. The first-order chi connectivity index (χ1) is 10.3. The van der Waals surface area contributed by atoms with Crippen molar-refractivity contribution in [3.8, 4) is 0 Å². The zero-order valence-corrected chi connectivity index (χ0v) is 14.5. The lowest BCUT2D eigenvalue weighted by Gasteiger charge is -2.24. The third-order valence-electron chi connectivity index (χ3n) is 3.89. The van der Waals surface area contributed by atoms with Crippen LogP contribution in [0.2, 0.25) is 0 Å². The smallest absolute Gasteiger partial charge is 0.410 e. The standard InChI is InChI=1S/C18H28N2O2/c1-6-16-11-15(9-13(2)19-16)10-14-7-8-20(12-14)17(21)22-18(3,4)5/h9,11,14H,6-8,10,12H2,1-5H3. The van der Waals surface area contributed by atoms with Crippen molar-refractivity contribution in [2.45, 2.75) is 59.5 Å². The third-order valence-corrected chi connectivity index (χ3v) is 3.89. The number of hydrogen-bond acceptors (Lipinski definition) is 3. The molecule has 0 aliphatic carbocycles. The largest absolute Gasteiger partial charge is 0.444 e. The molecule has 1 fully saturated rings. The molecule has 2 heterocycles. The fourth-order valence-electron chi connectivity index (χ4n) is 2.94. The summed E-state index contributed by atoms with van der Waals surface area (Å²) in [6.45, 7) is 11.5. The Kier molecular flexibility index (Phi) is 5.09. The minimum Gasteiger partial charge on any atom is -0.444 e. The molecular weight excluding hydrogens is 276 g/mol. The maximum absolute atomic E-state index is 12.1. The van der Waals surface area contributed by atoms with Crippen LogP contribution in [0.25, 0.3) is 0 Å². The topological polar surface area (TPSA) is 42.4 Å². The van der Waals surface area contributed by atoms with Gasteiger partial charge in [0.1, 0.15) is 5.60 Å². The normalized spacial score (nSPS) is 18.6. The predicted octanol–water partition coefficient (Wildman–Crippen LogP) is 3.75. The van der Waals surface area contributed by atoms with Gasteiger partial charge in [-0.1, -0.05) is 6.92 Å². The average molecular weight is 304 g/mol. The molecular formula is C18H28N2O2. The average Bonchev–Trinajstić information content (AvgIpc) is 2.84. The Labute approximate surface area is 133 Å². The van der Waals surface area contributed by atoms with E-state index in [2.05, 4.69) is 24.0 Å². The number of likely N-dealkylation sites (tertiary alicyclic amines) is 1. The molecule has 1 aromatic heterocycles. The first kappa shape index (κ1) is 16.8. The monoisotopic (exact) mass is 304 g/mol. The fraction of sp³-hybridized carbons (Fsp3) is 0.667. The summed E-state index contributed by atoms with van der Waals surface area (Å²) < 4.78 is 5.45. The number of ether oxygens (including phenoxy) is 1. The van der Waals surface area contributed by atoms with Crippen LogP contribution in [0.4, 0.5) is 4.79 Å². The molecule has 0 aromatic carbocycles. The minimum absolute atomic E-state index is 0.185. The van der Waals surface area contributed by atoms with Gasteiger partial charge in [-0.05, 0) is 70.6 Å². The van der Waals surface area contributed by atoms with E-state index in [4.69, 9.17) is 4.74 Å². The summed E-state index contributed by atoms with van der Waals surface area (Å²) in [6.07, 6.45) is 2.83. The molecule has 1 aliphatic heterocycles. The quantitative estimate of drug-likeness (QED) is 0.854. The van der Waals surface area contributed by atoms with E-state index >= 15 is 0 Å². The van der Waals surface area contributed by atoms with Gasteiger partial charge in [0.25, 0.3) is 0 Å². The van der Waals surface area contributed by atoms with Crippen molar-refractivity contribution in [2.24, 2.45) is 5.92 Å². The van der Waals surface area contributed by atoms with Gasteiger partial charge >= 0.3 is 6.09 Å². The highest BCUT2D eigenvalue weighted by Crippen LogP contribution is 2.23. The summed E-state index contributed by atoms with van der Waals surface area (Å²) in [7, 11) is 0. The number of aryl methyl sites for hydroxylation is 2. The number of carbonyl (C=O) groups is 1. The number of amides is 1. The molecule has 22 heavy (non-hydrogen) atoms. The number of nitrogens with zero attached hydrogens (tertiary/aromatic N) is 2. The number of rotatable bonds is 3. The van der Waals surface area contributed by atoms with Gasteiger partial charge in [0, 0.05) is 24.5 Å². The van der Waals surface area contributed by atoms with Crippen molar-refractivity contribution in [3.63, 3.8) is 0 Å². The van der Waals surface area contributed by atoms with Crippen LogP contribution in [-0.2, 0) is 17.6 Å². The van der Waals surface area contributed by atoms with Crippen molar-refractivity contribution < 1.29 is 9.53 Å². The Balaban J connectivity index is 1.94. The Morgan fingerprint density at radius 3 is 2.77 bits per heavy atom. The van der Waals surface area contributed by atoms with Gasteiger partial charge in [-0.3, -0.25) is 4.98 Å². The maximum atomic E-state index is 12.1. The Hall–Kier alpha value is -1.58. The highest BCUT2D eigenvalue weighted by atomic mass is 16.6. The Bertz CT molecular complexity index is 534. The molecule has 1 amide bonds. The van der Waals surface area contributed by atoms with E-state index in [0.717, 1.165) is 43.7 Å². The van der Waals surface area contributed by atoms with Gasteiger partial charge in [-0.25, -0.2) is 4.79 Å². The highest BCUT2D eigenvalue weighted by Gasteiger charge is 2.29. The molecule has 1 saturated heterocycles. The zero-order chi connectivity index (χ0) is 16.3. The van der Waals surface area contributed by atoms with E-state index in [9.17, 15) is 4.79 Å². The molecule has 0 saturated carbocycles. The van der Waals surface area contributed by atoms with Crippen LogP contribution >= 0.6 is 0 Å². The van der Waals surface area contributed by atoms with Gasteiger partial charge in [0.05, 0.1) is 0 Å². The zero-order valence-electron chi connectivity index (χ0n) is 14.5. The van der Waals surface area contributed by atoms with E-state index < -0.39 is 5.60 Å². The molecule has 1 atom stereocenters. The van der Waals surface area contributed by atoms with Gasteiger partial charge < -0.3 is 9.64 Å². The predicted molar refractivity (Wildman–Crippen MR) is 88.0 cm³/mol. The summed E-state index contributed by atoms with van der Waals surface area (Å²) in [5.74, 6) is 0.513. The first-order valence-electron chi connectivity index (χ1n) is 8.21. The lowest BCUT2D eigenvalue weighted by atomic mass is 9.98. The SMILES string of the molecule is CCc1cc(CC2CCN(C(=O)OC(C)(C)C)C2)cc(C)n1. The van der Waals surface area contributed by atoms with Crippen LogP contribution in [0.3, 0.4) is 0 Å². The lowest BCUT2D eigenvalue weighted by molar-refractivity contribution is 0.0288. The molecule has 0 radical (unpaired) electrons. The van der Waals surface area contributed by atoms with Crippen molar-refractivity contribution >= 4 is 6.09 Å². The van der Waals surface area contributed by atoms with E-state index in [1.807, 2.05) is 32.6 Å². The van der Waals surface area contributed by atoms with Crippen LogP contribution in [-0.4, -0.2) is 34.7 Å². The van der Waals surface area contributed by atoms with Gasteiger partial charge in [0.2, 0.25) is 0 Å². The van der Waals surface area contributed by atoms with E-state index in [-0.39, 0.29) is 6.09 Å². The summed E-state index contributed by atoms with van der Waals surface area (Å²) >= 11 is 0. The number of hydrogen-bond donors (Lipinski definition) is 0. The Morgan fingerprint density at radius 2 is 2.14 bits per heavy atom. The molecule has 1 unspecified atom stereocenters. The fourth-order valence-corrected chi connectivity index (χ4v) is 2.94. The molecule has 4 heteroatoms. The summed E-state index contributed by atoms with van der Waals surface area (Å²) in [5.41, 5.74) is 3.14. The van der Waals surface area contributed by atoms with Gasteiger partial charge in [0.15, 0.2) is 0 Å². The van der Waals surface area contributed by atoms with Gasteiger partial charge in [-0.15, -0.1) is 0 Å². The first-order valence-corrected chi connectivity index (χ1v) is 8.21. The molecule has 0 spiro atoms. The van der Waals surface area contributed by atoms with Crippen LogP contribution in [0, 0.1) is 12.8 Å². The van der Waals surface area contributed by atoms with E-state index in [1.165, 1.54) is 5.56 Å². The number of carbonyl (C=O) groups excluding carboxylic acids is 1. The lowest BCUT2D eigenvalue weighted by Crippen LogP contribution is -2.35. The molecule has 2 rings (SSSR count). The summed E-state index contributed by atoms with van der Waals surface area (Å²) in [6, 6.07) is 4.36. The van der Waals surface area contributed by atoms with E-state index in [0.29, 0.717) is 5.92 Å². The Morgan fingerprint density at radius 1 is 1.41 bits per heavy atom. The third kappa shape index (κ3) is 4.72. The second kappa shape index (κ2) is 6.67. The van der Waals surface area contributed by atoms with Crippen LogP contribution in [0.1, 0.15) is 51.1 Å². The van der Waals surface area contributed by atoms with E-state index in [1.54, 1.807) is 0 Å². The van der Waals surface area contributed by atoms with Crippen molar-refractivity contribution in [2.75, 3.05) is 13.1 Å². The van der Waals surface area contributed by atoms with Crippen LogP contribution < -0.4 is 0 Å². The van der Waals surface area contributed by atoms with Crippen LogP contribution in [0.15, 0.2) is 12.1 Å². The molecule has 122 valence electrons. The number of pyridine rings is 1. The second-order valence-corrected chi connectivity index (χ2v) is 7.25. The molecule has 1 aromatic rings. The molecule has 1 aliphatic rings. The second-order valence-electron chi connectivity index (χ2n) is 7.25. The summed E-state index contributed by atoms with van der Waals surface area (Å²) in [4.78, 5) is 18.5.